The Hall–Kier alpha value is -3.28. The van der Waals surface area contributed by atoms with Crippen LogP contribution in [0.25, 0.3) is 5.69 Å². The number of halogens is 1. The molecule has 0 atom stereocenters. The molecular weight excluding hydrogens is 367 g/mol. The number of likely N-dealkylation sites (tertiary alicyclic amines) is 1. The van der Waals surface area contributed by atoms with Crippen molar-refractivity contribution in [3.8, 4) is 5.69 Å². The molecule has 1 spiro atoms. The van der Waals surface area contributed by atoms with Gasteiger partial charge >= 0.3 is 6.03 Å². The molecule has 0 bridgehead atoms. The second-order valence-corrected chi connectivity index (χ2v) is 7.76. The van der Waals surface area contributed by atoms with Crippen LogP contribution in [0.15, 0.2) is 66.9 Å². The highest BCUT2D eigenvalue weighted by molar-refractivity contribution is 5.74. The van der Waals surface area contributed by atoms with E-state index < -0.39 is 0 Å². The number of fused-ring (bicyclic) bond motifs is 4. The van der Waals surface area contributed by atoms with Crippen LogP contribution in [0.3, 0.4) is 0 Å². The number of amides is 2. The first kappa shape index (κ1) is 17.8. The molecule has 2 amide bonds. The van der Waals surface area contributed by atoms with Gasteiger partial charge in [0.1, 0.15) is 5.82 Å². The third-order valence-corrected chi connectivity index (χ3v) is 6.02. The summed E-state index contributed by atoms with van der Waals surface area (Å²) in [5.74, 6) is -0.250. The SMILES string of the molecule is O=C(NCc1ccccc1)N1CCC2(CC1)Nc1cc(F)ccc1-n1cccc12. The fourth-order valence-corrected chi connectivity index (χ4v) is 4.48. The van der Waals surface area contributed by atoms with Crippen LogP contribution < -0.4 is 10.6 Å². The Morgan fingerprint density at radius 2 is 1.86 bits per heavy atom. The average molecular weight is 390 g/mol. The minimum Gasteiger partial charge on any atom is -0.372 e. The molecule has 0 unspecified atom stereocenters. The number of hydrogen-bond donors (Lipinski definition) is 2. The van der Waals surface area contributed by atoms with Crippen molar-refractivity contribution in [3.63, 3.8) is 0 Å². The summed E-state index contributed by atoms with van der Waals surface area (Å²) in [4.78, 5) is 14.5. The van der Waals surface area contributed by atoms with Gasteiger partial charge in [-0.3, -0.25) is 0 Å². The molecule has 0 saturated carbocycles. The van der Waals surface area contributed by atoms with E-state index in [1.807, 2.05) is 47.5 Å². The van der Waals surface area contributed by atoms with Crippen molar-refractivity contribution >= 4 is 11.7 Å². The minimum atomic E-state index is -0.291. The van der Waals surface area contributed by atoms with E-state index in [1.54, 1.807) is 12.1 Å². The topological polar surface area (TPSA) is 49.3 Å². The number of nitrogens with one attached hydrogen (secondary N) is 2. The Balaban J connectivity index is 1.30. The molecule has 3 heterocycles. The molecule has 5 rings (SSSR count). The lowest BCUT2D eigenvalue weighted by Crippen LogP contribution is -2.52. The lowest BCUT2D eigenvalue weighted by Gasteiger charge is -2.46. The molecule has 0 radical (unpaired) electrons. The molecule has 1 aromatic heterocycles. The summed E-state index contributed by atoms with van der Waals surface area (Å²) >= 11 is 0. The van der Waals surface area contributed by atoms with Gasteiger partial charge in [0.25, 0.3) is 0 Å². The van der Waals surface area contributed by atoms with Gasteiger partial charge in [0.05, 0.1) is 16.9 Å². The predicted octanol–water partition coefficient (Wildman–Crippen LogP) is 4.24. The zero-order valence-corrected chi connectivity index (χ0v) is 16.1. The van der Waals surface area contributed by atoms with E-state index >= 15 is 0 Å². The quantitative estimate of drug-likeness (QED) is 0.688. The zero-order chi connectivity index (χ0) is 19.8. The summed E-state index contributed by atoms with van der Waals surface area (Å²) in [5, 5.41) is 6.60. The zero-order valence-electron chi connectivity index (χ0n) is 16.1. The van der Waals surface area contributed by atoms with Crippen molar-refractivity contribution in [2.75, 3.05) is 18.4 Å². The number of anilines is 1. The molecule has 2 aliphatic rings. The third kappa shape index (κ3) is 3.14. The number of hydrogen-bond acceptors (Lipinski definition) is 2. The van der Waals surface area contributed by atoms with Crippen LogP contribution in [0.1, 0.15) is 24.1 Å². The minimum absolute atomic E-state index is 0.0404. The number of carbonyl (C=O) groups is 1. The van der Waals surface area contributed by atoms with Gasteiger partial charge in [-0.1, -0.05) is 30.3 Å². The van der Waals surface area contributed by atoms with Gasteiger partial charge in [0, 0.05) is 31.5 Å². The number of urea groups is 1. The summed E-state index contributed by atoms with van der Waals surface area (Å²) in [6, 6.07) is 18.9. The first-order valence-electron chi connectivity index (χ1n) is 9.97. The molecule has 2 aliphatic heterocycles. The Bertz CT molecular complexity index is 1040. The van der Waals surface area contributed by atoms with E-state index in [4.69, 9.17) is 0 Å². The summed E-state index contributed by atoms with van der Waals surface area (Å²) < 4.78 is 16.0. The van der Waals surface area contributed by atoms with Crippen molar-refractivity contribution in [2.45, 2.75) is 24.9 Å². The van der Waals surface area contributed by atoms with Gasteiger partial charge in [-0.05, 0) is 48.7 Å². The van der Waals surface area contributed by atoms with Crippen molar-refractivity contribution in [3.05, 3.63) is 83.9 Å². The van der Waals surface area contributed by atoms with Crippen LogP contribution in [0, 0.1) is 5.82 Å². The fraction of sp³-hybridized carbons (Fsp3) is 0.261. The maximum atomic E-state index is 13.8. The van der Waals surface area contributed by atoms with Crippen LogP contribution in [0.2, 0.25) is 0 Å². The van der Waals surface area contributed by atoms with E-state index in [1.165, 1.54) is 11.8 Å². The van der Waals surface area contributed by atoms with E-state index in [2.05, 4.69) is 21.3 Å². The highest BCUT2D eigenvalue weighted by atomic mass is 19.1. The first-order valence-corrected chi connectivity index (χ1v) is 9.97. The van der Waals surface area contributed by atoms with E-state index in [-0.39, 0.29) is 17.4 Å². The standard InChI is InChI=1S/C23H23FN4O/c24-18-8-9-20-19(15-18)26-23(21-7-4-12-28(20)21)10-13-27(14-11-23)22(29)25-16-17-5-2-1-3-6-17/h1-9,12,15,26H,10-11,13-14,16H2,(H,25,29). The number of piperidine rings is 1. The number of aromatic nitrogens is 1. The van der Waals surface area contributed by atoms with Gasteiger partial charge in [0.2, 0.25) is 0 Å². The molecule has 2 N–H and O–H groups in total. The van der Waals surface area contributed by atoms with Crippen molar-refractivity contribution in [1.82, 2.24) is 14.8 Å². The second-order valence-electron chi connectivity index (χ2n) is 7.76. The van der Waals surface area contributed by atoms with Gasteiger partial charge in [-0.25, -0.2) is 9.18 Å². The molecule has 29 heavy (non-hydrogen) atoms. The summed E-state index contributed by atoms with van der Waals surface area (Å²) in [5.41, 5.74) is 3.72. The number of nitrogens with zero attached hydrogens (tertiary/aromatic N) is 2. The van der Waals surface area contributed by atoms with Crippen LogP contribution in [-0.2, 0) is 12.1 Å². The molecule has 1 saturated heterocycles. The third-order valence-electron chi connectivity index (χ3n) is 6.02. The maximum absolute atomic E-state index is 13.8. The second kappa shape index (κ2) is 6.95. The Morgan fingerprint density at radius 3 is 2.66 bits per heavy atom. The van der Waals surface area contributed by atoms with Crippen LogP contribution in [0.4, 0.5) is 14.9 Å². The highest BCUT2D eigenvalue weighted by Gasteiger charge is 2.42. The lowest BCUT2D eigenvalue weighted by molar-refractivity contribution is 0.162. The summed E-state index contributed by atoms with van der Waals surface area (Å²) in [6.07, 6.45) is 3.56. The molecule has 6 heteroatoms. The van der Waals surface area contributed by atoms with Crippen LogP contribution in [-0.4, -0.2) is 28.6 Å². The predicted molar refractivity (Wildman–Crippen MR) is 111 cm³/mol. The van der Waals surface area contributed by atoms with Gasteiger partial charge in [-0.15, -0.1) is 0 Å². The molecule has 2 aromatic carbocycles. The van der Waals surface area contributed by atoms with E-state index in [9.17, 15) is 9.18 Å². The summed E-state index contributed by atoms with van der Waals surface area (Å²) in [6.45, 7) is 1.81. The average Bonchev–Trinajstić information content (AvgIpc) is 3.24. The smallest absolute Gasteiger partial charge is 0.317 e. The van der Waals surface area contributed by atoms with Gasteiger partial charge in [-0.2, -0.15) is 0 Å². The highest BCUT2D eigenvalue weighted by Crippen LogP contribution is 2.43. The van der Waals surface area contributed by atoms with Crippen molar-refractivity contribution in [1.29, 1.82) is 0 Å². The van der Waals surface area contributed by atoms with Crippen LogP contribution in [0.5, 0.6) is 0 Å². The molecule has 3 aromatic rings. The van der Waals surface area contributed by atoms with E-state index in [0.29, 0.717) is 19.6 Å². The van der Waals surface area contributed by atoms with Crippen LogP contribution >= 0.6 is 0 Å². The van der Waals surface area contributed by atoms with Gasteiger partial charge < -0.3 is 20.1 Å². The van der Waals surface area contributed by atoms with E-state index in [0.717, 1.165) is 29.8 Å². The molecule has 5 nitrogen and oxygen atoms in total. The molecule has 148 valence electrons. The first-order chi connectivity index (χ1) is 14.1. The van der Waals surface area contributed by atoms with Crippen molar-refractivity contribution < 1.29 is 9.18 Å². The molecule has 0 aliphatic carbocycles. The molecular formula is C23H23FN4O. The van der Waals surface area contributed by atoms with Gasteiger partial charge in [0.15, 0.2) is 0 Å². The van der Waals surface area contributed by atoms with Crippen molar-refractivity contribution in [2.24, 2.45) is 0 Å². The molecule has 1 fully saturated rings. The largest absolute Gasteiger partial charge is 0.372 e. The number of carbonyl (C=O) groups excluding carboxylic acids is 1. The summed E-state index contributed by atoms with van der Waals surface area (Å²) in [7, 11) is 0. The Kier molecular flexibility index (Phi) is 4.27. The number of rotatable bonds is 2. The fourth-order valence-electron chi connectivity index (χ4n) is 4.48. The monoisotopic (exact) mass is 390 g/mol. The Morgan fingerprint density at radius 1 is 1.07 bits per heavy atom. The number of benzene rings is 2. The Labute approximate surface area is 169 Å². The normalized spacial score (nSPS) is 16.7. The maximum Gasteiger partial charge on any atom is 0.317 e. The lowest BCUT2D eigenvalue weighted by atomic mass is 9.82.